The van der Waals surface area contributed by atoms with Gasteiger partial charge in [0, 0.05) is 43.5 Å². The van der Waals surface area contributed by atoms with Crippen LogP contribution in [-0.2, 0) is 22.9 Å². The molecule has 2 heterocycles. The molecule has 1 N–H and O–H groups in total. The Bertz CT molecular complexity index is 875. The lowest BCUT2D eigenvalue weighted by Crippen LogP contribution is -2.38. The van der Waals surface area contributed by atoms with Crippen molar-refractivity contribution in [1.29, 1.82) is 0 Å². The number of carbonyl (C=O) groups excluding carboxylic acids is 1. The first-order valence-corrected chi connectivity index (χ1v) is 11.5. The number of amides is 1. The number of sulfonamides is 1. The van der Waals surface area contributed by atoms with Crippen LogP contribution < -0.4 is 5.32 Å². The van der Waals surface area contributed by atoms with Crippen LogP contribution in [0.15, 0.2) is 48.7 Å². The van der Waals surface area contributed by atoms with Crippen molar-refractivity contribution in [2.45, 2.75) is 25.7 Å². The molecule has 0 atom stereocenters. The largest absolute Gasteiger partial charge is 0.352 e. The van der Waals surface area contributed by atoms with Crippen LogP contribution in [0.1, 0.15) is 34.5 Å². The predicted octanol–water partition coefficient (Wildman–Crippen LogP) is 2.27. The van der Waals surface area contributed by atoms with E-state index in [9.17, 15) is 13.2 Å². The van der Waals surface area contributed by atoms with E-state index in [0.29, 0.717) is 37.5 Å². The molecule has 1 aliphatic heterocycles. The summed E-state index contributed by atoms with van der Waals surface area (Å²) in [6.45, 7) is 1.75. The Morgan fingerprint density at radius 2 is 1.86 bits per heavy atom. The molecule has 0 bridgehead atoms. The third kappa shape index (κ3) is 5.87. The van der Waals surface area contributed by atoms with E-state index in [1.54, 1.807) is 10.5 Å². The minimum Gasteiger partial charge on any atom is -0.352 e. The van der Waals surface area contributed by atoms with Gasteiger partial charge in [0.05, 0.1) is 6.26 Å². The second-order valence-corrected chi connectivity index (χ2v) is 9.32. The van der Waals surface area contributed by atoms with Crippen LogP contribution in [0.3, 0.4) is 0 Å². The number of nitrogens with zero attached hydrogens (tertiary/aromatic N) is 2. The topological polar surface area (TPSA) is 79.4 Å². The van der Waals surface area contributed by atoms with Gasteiger partial charge in [-0.15, -0.1) is 0 Å². The Kier molecular flexibility index (Phi) is 6.80. The lowest BCUT2D eigenvalue weighted by atomic mass is 9.91. The second-order valence-electron chi connectivity index (χ2n) is 7.33. The second kappa shape index (κ2) is 9.30. The quantitative estimate of drug-likeness (QED) is 0.772. The fourth-order valence-corrected chi connectivity index (χ4v) is 4.40. The fourth-order valence-electron chi connectivity index (χ4n) is 3.52. The molecule has 0 unspecified atom stereocenters. The van der Waals surface area contributed by atoms with E-state index in [4.69, 9.17) is 0 Å². The van der Waals surface area contributed by atoms with Crippen molar-refractivity contribution in [3.05, 3.63) is 65.5 Å². The summed E-state index contributed by atoms with van der Waals surface area (Å²) in [6.07, 6.45) is 6.40. The fraction of sp³-hybridized carbons (Fsp3) is 0.429. The molecule has 2 aromatic rings. The molecule has 3 rings (SSSR count). The SMILES string of the molecule is CS(=O)(=O)N1CCC(Cc2ccc(C(=O)NCCc3ccccn3)cc2)CC1. The monoisotopic (exact) mass is 401 g/mol. The average Bonchev–Trinajstić information content (AvgIpc) is 2.69. The number of hydrogen-bond donors (Lipinski definition) is 1. The van der Waals surface area contributed by atoms with Crippen molar-refractivity contribution >= 4 is 15.9 Å². The van der Waals surface area contributed by atoms with E-state index in [0.717, 1.165) is 25.0 Å². The third-order valence-corrected chi connectivity index (χ3v) is 6.48. The summed E-state index contributed by atoms with van der Waals surface area (Å²) < 4.78 is 24.7. The molecule has 6 nitrogen and oxygen atoms in total. The Balaban J connectivity index is 1.45. The van der Waals surface area contributed by atoms with E-state index >= 15 is 0 Å². The van der Waals surface area contributed by atoms with Gasteiger partial charge in [-0.25, -0.2) is 12.7 Å². The highest BCUT2D eigenvalue weighted by molar-refractivity contribution is 7.88. The zero-order valence-electron chi connectivity index (χ0n) is 16.2. The van der Waals surface area contributed by atoms with Gasteiger partial charge in [-0.1, -0.05) is 18.2 Å². The minimum absolute atomic E-state index is 0.0797. The van der Waals surface area contributed by atoms with Crippen LogP contribution in [0.5, 0.6) is 0 Å². The van der Waals surface area contributed by atoms with Crippen LogP contribution in [0, 0.1) is 5.92 Å². The predicted molar refractivity (Wildman–Crippen MR) is 110 cm³/mol. The van der Waals surface area contributed by atoms with Crippen molar-refractivity contribution in [3.63, 3.8) is 0 Å². The smallest absolute Gasteiger partial charge is 0.251 e. The summed E-state index contributed by atoms with van der Waals surface area (Å²) in [5.74, 6) is 0.403. The maximum Gasteiger partial charge on any atom is 0.251 e. The maximum atomic E-state index is 12.3. The van der Waals surface area contributed by atoms with Crippen LogP contribution in [-0.4, -0.2) is 49.5 Å². The van der Waals surface area contributed by atoms with Gasteiger partial charge in [0.25, 0.3) is 5.91 Å². The van der Waals surface area contributed by atoms with Gasteiger partial charge in [0.2, 0.25) is 10.0 Å². The molecule has 1 aliphatic rings. The van der Waals surface area contributed by atoms with Gasteiger partial charge in [-0.2, -0.15) is 0 Å². The Morgan fingerprint density at radius 1 is 1.14 bits per heavy atom. The highest BCUT2D eigenvalue weighted by Crippen LogP contribution is 2.23. The first-order valence-electron chi connectivity index (χ1n) is 9.64. The molecule has 0 aliphatic carbocycles. The summed E-state index contributed by atoms with van der Waals surface area (Å²) in [7, 11) is -3.08. The van der Waals surface area contributed by atoms with Crippen molar-refractivity contribution in [2.24, 2.45) is 5.92 Å². The number of carbonyl (C=O) groups is 1. The third-order valence-electron chi connectivity index (χ3n) is 5.18. The molecule has 1 saturated heterocycles. The normalized spacial score (nSPS) is 16.0. The number of nitrogens with one attached hydrogen (secondary N) is 1. The lowest BCUT2D eigenvalue weighted by Gasteiger charge is -2.30. The van der Waals surface area contributed by atoms with Crippen LogP contribution >= 0.6 is 0 Å². The number of pyridine rings is 1. The van der Waals surface area contributed by atoms with E-state index in [1.807, 2.05) is 42.5 Å². The molecule has 1 amide bonds. The van der Waals surface area contributed by atoms with Crippen molar-refractivity contribution < 1.29 is 13.2 Å². The lowest BCUT2D eigenvalue weighted by molar-refractivity contribution is 0.0954. The first-order chi connectivity index (χ1) is 13.4. The molecule has 0 saturated carbocycles. The molecule has 1 aromatic heterocycles. The van der Waals surface area contributed by atoms with Gasteiger partial charge in [-0.05, 0) is 55.0 Å². The van der Waals surface area contributed by atoms with Gasteiger partial charge >= 0.3 is 0 Å². The molecular weight excluding hydrogens is 374 g/mol. The first kappa shape index (κ1) is 20.5. The average molecular weight is 402 g/mol. The maximum absolute atomic E-state index is 12.3. The Labute approximate surface area is 167 Å². The van der Waals surface area contributed by atoms with E-state index in [2.05, 4.69) is 10.3 Å². The number of piperidine rings is 1. The van der Waals surface area contributed by atoms with Crippen molar-refractivity contribution in [2.75, 3.05) is 25.9 Å². The molecule has 28 heavy (non-hydrogen) atoms. The van der Waals surface area contributed by atoms with Crippen LogP contribution in [0.4, 0.5) is 0 Å². The summed E-state index contributed by atoms with van der Waals surface area (Å²) in [4.78, 5) is 16.5. The Hall–Kier alpha value is -2.25. The molecule has 150 valence electrons. The highest BCUT2D eigenvalue weighted by atomic mass is 32.2. The molecule has 0 spiro atoms. The summed E-state index contributed by atoms with van der Waals surface area (Å²) in [5.41, 5.74) is 2.79. The molecule has 1 fully saturated rings. The molecule has 1 aromatic carbocycles. The van der Waals surface area contributed by atoms with Crippen LogP contribution in [0.25, 0.3) is 0 Å². The van der Waals surface area contributed by atoms with Crippen molar-refractivity contribution in [1.82, 2.24) is 14.6 Å². The number of rotatable bonds is 7. The van der Waals surface area contributed by atoms with E-state index in [1.165, 1.54) is 11.8 Å². The van der Waals surface area contributed by atoms with Crippen molar-refractivity contribution in [3.8, 4) is 0 Å². The van der Waals surface area contributed by atoms with E-state index < -0.39 is 10.0 Å². The zero-order valence-corrected chi connectivity index (χ0v) is 17.0. The molecule has 0 radical (unpaired) electrons. The van der Waals surface area contributed by atoms with Gasteiger partial charge in [0.1, 0.15) is 0 Å². The van der Waals surface area contributed by atoms with Gasteiger partial charge in [-0.3, -0.25) is 9.78 Å². The summed E-state index contributed by atoms with van der Waals surface area (Å²) >= 11 is 0. The standard InChI is InChI=1S/C21H27N3O3S/c1-28(26,27)24-14-10-18(11-15-24)16-17-5-7-19(8-6-17)21(25)23-13-9-20-4-2-3-12-22-20/h2-8,12,18H,9-11,13-16H2,1H3,(H,23,25). The minimum atomic E-state index is -3.08. The molecular formula is C21H27N3O3S. The number of benzene rings is 1. The summed E-state index contributed by atoms with van der Waals surface area (Å²) in [5, 5.41) is 2.93. The molecule has 7 heteroatoms. The van der Waals surface area contributed by atoms with Crippen LogP contribution in [0.2, 0.25) is 0 Å². The Morgan fingerprint density at radius 3 is 2.46 bits per heavy atom. The van der Waals surface area contributed by atoms with Gasteiger partial charge in [0.15, 0.2) is 0 Å². The zero-order chi connectivity index (χ0) is 20.0. The highest BCUT2D eigenvalue weighted by Gasteiger charge is 2.24. The number of aromatic nitrogens is 1. The van der Waals surface area contributed by atoms with Gasteiger partial charge < -0.3 is 5.32 Å². The number of hydrogen-bond acceptors (Lipinski definition) is 4. The van der Waals surface area contributed by atoms with E-state index in [-0.39, 0.29) is 5.91 Å². The summed E-state index contributed by atoms with van der Waals surface area (Å²) in [6, 6.07) is 13.5.